The van der Waals surface area contributed by atoms with Gasteiger partial charge in [-0.3, -0.25) is 19.1 Å². The summed E-state index contributed by atoms with van der Waals surface area (Å²) in [5, 5.41) is 16.2. The lowest BCUT2D eigenvalue weighted by Gasteiger charge is -2.38. The fourth-order valence-corrected chi connectivity index (χ4v) is 5.50. The third kappa shape index (κ3) is 5.99. The van der Waals surface area contributed by atoms with Crippen LogP contribution in [0.2, 0.25) is 0 Å². The highest BCUT2D eigenvalue weighted by Gasteiger charge is 2.44. The number of carboxylic acids is 1. The van der Waals surface area contributed by atoms with Crippen LogP contribution in [0.4, 0.5) is 13.2 Å². The highest BCUT2D eigenvalue weighted by molar-refractivity contribution is 7.07. The van der Waals surface area contributed by atoms with E-state index >= 15 is 0 Å². The summed E-state index contributed by atoms with van der Waals surface area (Å²) < 4.78 is 39.9. The Bertz CT molecular complexity index is 1380. The smallest absolute Gasteiger partial charge is 0.490 e. The van der Waals surface area contributed by atoms with E-state index in [1.54, 1.807) is 23.0 Å². The zero-order chi connectivity index (χ0) is 27.5. The Kier molecular flexibility index (Phi) is 8.07. The number of thiophene rings is 1. The lowest BCUT2D eigenvalue weighted by atomic mass is 9.76. The molecule has 1 spiro atoms. The number of nitrogens with zero attached hydrogens (tertiary/aromatic N) is 4. The summed E-state index contributed by atoms with van der Waals surface area (Å²) in [5.41, 5.74) is 1.16. The fourth-order valence-electron chi connectivity index (χ4n) is 4.84. The van der Waals surface area contributed by atoms with Gasteiger partial charge in [-0.1, -0.05) is 12.1 Å². The van der Waals surface area contributed by atoms with Crippen molar-refractivity contribution >= 4 is 17.3 Å². The summed E-state index contributed by atoms with van der Waals surface area (Å²) in [6.45, 7) is 3.79. The van der Waals surface area contributed by atoms with Gasteiger partial charge in [0.15, 0.2) is 0 Å². The monoisotopic (exact) mass is 552 g/mol. The molecule has 1 aromatic carbocycles. The van der Waals surface area contributed by atoms with Gasteiger partial charge in [0.25, 0.3) is 0 Å². The van der Waals surface area contributed by atoms with Crippen molar-refractivity contribution in [3.63, 3.8) is 0 Å². The van der Waals surface area contributed by atoms with Crippen molar-refractivity contribution < 1.29 is 27.8 Å². The SMILES string of the molecule is COc1ccc(Cn2nc3n(c(=O)c2=O)CCC32CCN(Cc3ccsc3)CC2)cc1.O=C(O)C(F)(F)F. The van der Waals surface area contributed by atoms with Gasteiger partial charge in [-0.25, -0.2) is 9.48 Å². The molecule has 0 bridgehead atoms. The Morgan fingerprint density at radius 3 is 2.21 bits per heavy atom. The molecule has 1 fully saturated rings. The van der Waals surface area contributed by atoms with Crippen molar-refractivity contribution in [2.45, 2.75) is 50.5 Å². The largest absolute Gasteiger partial charge is 0.497 e. The number of benzene rings is 1. The summed E-state index contributed by atoms with van der Waals surface area (Å²) in [6, 6.07) is 9.68. The average molecular weight is 553 g/mol. The van der Waals surface area contributed by atoms with Crippen molar-refractivity contribution in [3.8, 4) is 5.75 Å². The summed E-state index contributed by atoms with van der Waals surface area (Å²) in [6.07, 6.45) is -2.28. The number of halogens is 3. The van der Waals surface area contributed by atoms with Gasteiger partial charge in [0, 0.05) is 18.5 Å². The lowest BCUT2D eigenvalue weighted by molar-refractivity contribution is -0.192. The maximum Gasteiger partial charge on any atom is 0.490 e. The number of fused-ring (bicyclic) bond motifs is 2. The first-order valence-corrected chi connectivity index (χ1v) is 12.9. The minimum absolute atomic E-state index is 0.111. The summed E-state index contributed by atoms with van der Waals surface area (Å²) in [5.74, 6) is -1.21. The fraction of sp³-hybridized carbons (Fsp3) is 0.440. The van der Waals surface area contributed by atoms with E-state index in [1.165, 1.54) is 10.2 Å². The number of piperidine rings is 1. The van der Waals surface area contributed by atoms with Crippen LogP contribution in [-0.4, -0.2) is 56.7 Å². The molecule has 9 nitrogen and oxygen atoms in total. The Hall–Kier alpha value is -3.45. The molecular formula is C25H27F3N4O5S. The number of rotatable bonds is 5. The first-order valence-electron chi connectivity index (χ1n) is 11.9. The van der Waals surface area contributed by atoms with Crippen LogP contribution in [0, 0.1) is 0 Å². The van der Waals surface area contributed by atoms with E-state index in [-0.39, 0.29) is 12.0 Å². The van der Waals surface area contributed by atoms with E-state index in [4.69, 9.17) is 19.7 Å². The van der Waals surface area contributed by atoms with Crippen molar-refractivity contribution in [3.05, 3.63) is 78.8 Å². The zero-order valence-corrected chi connectivity index (χ0v) is 21.4. The maximum atomic E-state index is 12.8. The summed E-state index contributed by atoms with van der Waals surface area (Å²) in [4.78, 5) is 36.9. The summed E-state index contributed by atoms with van der Waals surface area (Å²) >= 11 is 1.73. The second kappa shape index (κ2) is 11.1. The van der Waals surface area contributed by atoms with Crippen LogP contribution < -0.4 is 15.9 Å². The van der Waals surface area contributed by atoms with E-state index in [0.717, 1.165) is 56.0 Å². The molecule has 13 heteroatoms. The second-order valence-corrected chi connectivity index (χ2v) is 10.1. The van der Waals surface area contributed by atoms with E-state index in [0.29, 0.717) is 6.54 Å². The van der Waals surface area contributed by atoms with Crippen molar-refractivity contribution in [1.29, 1.82) is 0 Å². The first-order chi connectivity index (χ1) is 18.0. The van der Waals surface area contributed by atoms with Crippen LogP contribution in [0.15, 0.2) is 50.7 Å². The van der Waals surface area contributed by atoms with Gasteiger partial charge in [-0.05, 0) is 72.4 Å². The molecule has 1 saturated heterocycles. The highest BCUT2D eigenvalue weighted by Crippen LogP contribution is 2.41. The molecule has 0 unspecified atom stereocenters. The Labute approximate surface area is 219 Å². The van der Waals surface area contributed by atoms with Gasteiger partial charge >= 0.3 is 23.3 Å². The molecule has 1 N–H and O–H groups in total. The van der Waals surface area contributed by atoms with Crippen LogP contribution in [-0.2, 0) is 29.8 Å². The Balaban J connectivity index is 0.000000426. The Morgan fingerprint density at radius 2 is 1.66 bits per heavy atom. The van der Waals surface area contributed by atoms with Crippen molar-refractivity contribution in [1.82, 2.24) is 19.2 Å². The molecule has 2 aliphatic rings. The number of aliphatic carboxylic acids is 1. The molecule has 2 aliphatic heterocycles. The molecule has 0 saturated carbocycles. The van der Waals surface area contributed by atoms with Crippen LogP contribution >= 0.6 is 11.3 Å². The minimum atomic E-state index is -5.08. The summed E-state index contributed by atoms with van der Waals surface area (Å²) in [7, 11) is 1.62. The van der Waals surface area contributed by atoms with Gasteiger partial charge in [-0.2, -0.15) is 29.6 Å². The molecular weight excluding hydrogens is 525 g/mol. The van der Waals surface area contributed by atoms with E-state index < -0.39 is 23.3 Å². The zero-order valence-electron chi connectivity index (χ0n) is 20.6. The van der Waals surface area contributed by atoms with Gasteiger partial charge in [0.1, 0.15) is 11.6 Å². The number of likely N-dealkylation sites (tertiary alicyclic amines) is 1. The maximum absolute atomic E-state index is 12.8. The second-order valence-electron chi connectivity index (χ2n) is 9.33. The highest BCUT2D eigenvalue weighted by atomic mass is 32.1. The molecule has 4 heterocycles. The number of ether oxygens (including phenoxy) is 1. The van der Waals surface area contributed by atoms with Crippen LogP contribution in [0.3, 0.4) is 0 Å². The van der Waals surface area contributed by atoms with Gasteiger partial charge in [-0.15, -0.1) is 0 Å². The number of carboxylic acid groups (broad SMARTS) is 1. The third-order valence-corrected chi connectivity index (χ3v) is 7.69. The van der Waals surface area contributed by atoms with Crippen LogP contribution in [0.5, 0.6) is 5.75 Å². The number of hydrogen-bond donors (Lipinski definition) is 1. The molecule has 0 atom stereocenters. The number of methoxy groups -OCH3 is 1. The van der Waals surface area contributed by atoms with Crippen LogP contribution in [0.25, 0.3) is 0 Å². The number of alkyl halides is 3. The van der Waals surface area contributed by atoms with Crippen molar-refractivity contribution in [2.75, 3.05) is 20.2 Å². The minimum Gasteiger partial charge on any atom is -0.497 e. The molecule has 204 valence electrons. The predicted molar refractivity (Wildman–Crippen MR) is 134 cm³/mol. The standard InChI is InChI=1S/C23H26N4O3S.C2HF3O2/c1-30-19-4-2-17(3-5-19)15-27-21(29)20(28)26-12-9-23(22(26)24-27)7-10-25(11-8-23)14-18-6-13-31-16-18;3-2(4,5)1(6)7/h2-6,13,16H,7-12,14-15H2,1H3;(H,6,7). The number of carbonyl (C=O) groups is 1. The van der Waals surface area contributed by atoms with E-state index in [9.17, 15) is 22.8 Å². The number of aromatic nitrogens is 3. The Morgan fingerprint density at radius 1 is 1.03 bits per heavy atom. The molecule has 2 aromatic heterocycles. The molecule has 38 heavy (non-hydrogen) atoms. The van der Waals surface area contributed by atoms with Gasteiger partial charge in [0.05, 0.1) is 13.7 Å². The quantitative estimate of drug-likeness (QED) is 0.485. The number of hydrogen-bond acceptors (Lipinski definition) is 7. The topological polar surface area (TPSA) is 107 Å². The molecule has 0 aliphatic carbocycles. The van der Waals surface area contributed by atoms with Gasteiger partial charge in [0.2, 0.25) is 0 Å². The molecule has 0 radical (unpaired) electrons. The van der Waals surface area contributed by atoms with Gasteiger partial charge < -0.3 is 9.84 Å². The molecule has 3 aromatic rings. The van der Waals surface area contributed by atoms with E-state index in [1.807, 2.05) is 24.3 Å². The average Bonchev–Trinajstić information content (AvgIpc) is 3.52. The predicted octanol–water partition coefficient (Wildman–Crippen LogP) is 3.09. The van der Waals surface area contributed by atoms with Crippen molar-refractivity contribution in [2.24, 2.45) is 0 Å². The van der Waals surface area contributed by atoms with E-state index in [2.05, 4.69) is 21.7 Å². The third-order valence-electron chi connectivity index (χ3n) is 6.96. The lowest BCUT2D eigenvalue weighted by Crippen LogP contribution is -2.47. The first kappa shape index (κ1) is 27.6. The normalized spacial score (nSPS) is 16.5. The van der Waals surface area contributed by atoms with Crippen LogP contribution in [0.1, 0.15) is 36.2 Å². The molecule has 5 rings (SSSR count). The molecule has 0 amide bonds.